The number of hydrogen-bond acceptors (Lipinski definition) is 2. The van der Waals surface area contributed by atoms with E-state index >= 15 is 0 Å². The van der Waals surface area contributed by atoms with Crippen LogP contribution in [0.5, 0.6) is 0 Å². The predicted molar refractivity (Wildman–Crippen MR) is 78.7 cm³/mol. The smallest absolute Gasteiger partial charge is 0.326 e. The van der Waals surface area contributed by atoms with Crippen molar-refractivity contribution >= 4 is 12.0 Å². The normalized spacial score (nSPS) is 22.9. The van der Waals surface area contributed by atoms with E-state index in [4.69, 9.17) is 5.11 Å². The number of urea groups is 1. The van der Waals surface area contributed by atoms with Crippen LogP contribution in [0.2, 0.25) is 0 Å². The van der Waals surface area contributed by atoms with Gasteiger partial charge in [0.15, 0.2) is 0 Å². The number of carbonyl (C=O) groups is 2. The standard InChI is InChI=1S/C15H28N2O3/c1-4-5-8-11(13(18)19)16-14(20)17-12-9-6-7-10-15(12,2)3/h11-12H,4-10H2,1-3H3,(H,18,19)(H2,16,17,20)/t11-,12?/m0/s1. The molecule has 0 aromatic heterocycles. The lowest BCUT2D eigenvalue weighted by Crippen LogP contribution is -2.53. The van der Waals surface area contributed by atoms with Crippen molar-refractivity contribution < 1.29 is 14.7 Å². The van der Waals surface area contributed by atoms with Gasteiger partial charge in [-0.1, -0.05) is 46.5 Å². The van der Waals surface area contributed by atoms with E-state index in [2.05, 4.69) is 24.5 Å². The molecule has 3 N–H and O–H groups in total. The first-order valence-corrected chi connectivity index (χ1v) is 7.66. The van der Waals surface area contributed by atoms with Gasteiger partial charge in [-0.3, -0.25) is 0 Å². The van der Waals surface area contributed by atoms with Crippen molar-refractivity contribution in [1.29, 1.82) is 0 Å². The van der Waals surface area contributed by atoms with Gasteiger partial charge in [-0.05, 0) is 24.7 Å². The van der Waals surface area contributed by atoms with Gasteiger partial charge in [0.25, 0.3) is 0 Å². The van der Waals surface area contributed by atoms with E-state index in [0.29, 0.717) is 6.42 Å². The summed E-state index contributed by atoms with van der Waals surface area (Å²) in [6.07, 6.45) is 6.57. The Morgan fingerprint density at radius 2 is 2.05 bits per heavy atom. The van der Waals surface area contributed by atoms with Crippen molar-refractivity contribution in [3.05, 3.63) is 0 Å². The fourth-order valence-corrected chi connectivity index (χ4v) is 2.79. The molecular formula is C15H28N2O3. The molecule has 0 aromatic rings. The third-order valence-corrected chi connectivity index (χ3v) is 4.26. The lowest BCUT2D eigenvalue weighted by Gasteiger charge is -2.39. The first-order valence-electron chi connectivity index (χ1n) is 7.66. The van der Waals surface area contributed by atoms with Crippen molar-refractivity contribution in [2.75, 3.05) is 0 Å². The molecule has 5 heteroatoms. The number of rotatable bonds is 6. The van der Waals surface area contributed by atoms with E-state index in [1.165, 1.54) is 6.42 Å². The van der Waals surface area contributed by atoms with Crippen LogP contribution in [0.1, 0.15) is 65.7 Å². The van der Waals surface area contributed by atoms with Crippen molar-refractivity contribution in [3.63, 3.8) is 0 Å². The molecule has 0 saturated heterocycles. The highest BCUT2D eigenvalue weighted by Crippen LogP contribution is 2.35. The number of unbranched alkanes of at least 4 members (excludes halogenated alkanes) is 1. The SMILES string of the molecule is CCCC[C@H](NC(=O)NC1CCCCC1(C)C)C(=O)O. The molecule has 0 aliphatic heterocycles. The minimum atomic E-state index is -0.962. The van der Waals surface area contributed by atoms with Crippen molar-refractivity contribution in [3.8, 4) is 0 Å². The Labute approximate surface area is 121 Å². The number of nitrogens with one attached hydrogen (secondary N) is 2. The summed E-state index contributed by atoms with van der Waals surface area (Å²) >= 11 is 0. The van der Waals surface area contributed by atoms with E-state index in [0.717, 1.165) is 32.1 Å². The summed E-state index contributed by atoms with van der Waals surface area (Å²) in [5.41, 5.74) is 0.0811. The molecule has 1 saturated carbocycles. The van der Waals surface area contributed by atoms with E-state index in [1.807, 2.05) is 6.92 Å². The van der Waals surface area contributed by atoms with E-state index < -0.39 is 12.0 Å². The number of carboxylic acids is 1. The Hall–Kier alpha value is -1.26. The maximum atomic E-state index is 12.0. The maximum Gasteiger partial charge on any atom is 0.326 e. The van der Waals surface area contributed by atoms with Gasteiger partial charge in [0.1, 0.15) is 6.04 Å². The van der Waals surface area contributed by atoms with Gasteiger partial charge in [-0.2, -0.15) is 0 Å². The van der Waals surface area contributed by atoms with E-state index in [-0.39, 0.29) is 17.5 Å². The van der Waals surface area contributed by atoms with Gasteiger partial charge in [0, 0.05) is 6.04 Å². The largest absolute Gasteiger partial charge is 0.480 e. The minimum Gasteiger partial charge on any atom is -0.480 e. The molecule has 1 unspecified atom stereocenters. The summed E-state index contributed by atoms with van der Waals surface area (Å²) in [5.74, 6) is -0.962. The highest BCUT2D eigenvalue weighted by molar-refractivity contribution is 5.82. The van der Waals surface area contributed by atoms with Crippen LogP contribution in [-0.2, 0) is 4.79 Å². The highest BCUT2D eigenvalue weighted by atomic mass is 16.4. The van der Waals surface area contributed by atoms with Gasteiger partial charge >= 0.3 is 12.0 Å². The Morgan fingerprint density at radius 3 is 2.60 bits per heavy atom. The summed E-state index contributed by atoms with van der Waals surface area (Å²) in [6, 6.07) is -1.02. The van der Waals surface area contributed by atoms with Gasteiger partial charge < -0.3 is 15.7 Å². The van der Waals surface area contributed by atoms with Gasteiger partial charge in [0.2, 0.25) is 0 Å². The zero-order chi connectivity index (χ0) is 15.2. The average Bonchev–Trinajstić information content (AvgIpc) is 2.36. The molecule has 1 rings (SSSR count). The summed E-state index contributed by atoms with van der Waals surface area (Å²) in [6.45, 7) is 6.31. The Kier molecular flexibility index (Phi) is 6.30. The second-order valence-corrected chi connectivity index (χ2v) is 6.44. The molecule has 0 bridgehead atoms. The van der Waals surface area contributed by atoms with Crippen LogP contribution in [0.3, 0.4) is 0 Å². The molecule has 0 radical (unpaired) electrons. The molecule has 1 aliphatic carbocycles. The fraction of sp³-hybridized carbons (Fsp3) is 0.867. The molecule has 2 atom stereocenters. The summed E-state index contributed by atoms with van der Waals surface area (Å²) < 4.78 is 0. The van der Waals surface area contributed by atoms with Crippen molar-refractivity contribution in [2.24, 2.45) is 5.41 Å². The number of aliphatic carboxylic acids is 1. The van der Waals surface area contributed by atoms with E-state index in [9.17, 15) is 9.59 Å². The van der Waals surface area contributed by atoms with E-state index in [1.54, 1.807) is 0 Å². The molecule has 1 fully saturated rings. The molecule has 116 valence electrons. The Morgan fingerprint density at radius 1 is 1.35 bits per heavy atom. The number of hydrogen-bond donors (Lipinski definition) is 3. The fourth-order valence-electron chi connectivity index (χ4n) is 2.79. The highest BCUT2D eigenvalue weighted by Gasteiger charge is 2.33. The zero-order valence-corrected chi connectivity index (χ0v) is 12.9. The van der Waals surface area contributed by atoms with Crippen LogP contribution in [0.4, 0.5) is 4.79 Å². The second kappa shape index (κ2) is 7.50. The quantitative estimate of drug-likeness (QED) is 0.701. The molecule has 2 amide bonds. The van der Waals surface area contributed by atoms with Crippen LogP contribution in [0, 0.1) is 5.41 Å². The molecule has 0 heterocycles. The van der Waals surface area contributed by atoms with Crippen LogP contribution >= 0.6 is 0 Å². The van der Waals surface area contributed by atoms with Crippen LogP contribution in [-0.4, -0.2) is 29.2 Å². The van der Waals surface area contributed by atoms with Crippen molar-refractivity contribution in [1.82, 2.24) is 10.6 Å². The van der Waals surface area contributed by atoms with Gasteiger partial charge in [0.05, 0.1) is 0 Å². The molecule has 20 heavy (non-hydrogen) atoms. The molecular weight excluding hydrogens is 256 g/mol. The van der Waals surface area contributed by atoms with Gasteiger partial charge in [-0.15, -0.1) is 0 Å². The molecule has 0 aromatic carbocycles. The van der Waals surface area contributed by atoms with Crippen LogP contribution < -0.4 is 10.6 Å². The topological polar surface area (TPSA) is 78.4 Å². The molecule has 0 spiro atoms. The third-order valence-electron chi connectivity index (χ3n) is 4.26. The summed E-state index contributed by atoms with van der Waals surface area (Å²) in [5, 5.41) is 14.7. The maximum absolute atomic E-state index is 12.0. The summed E-state index contributed by atoms with van der Waals surface area (Å²) in [7, 11) is 0. The summed E-state index contributed by atoms with van der Waals surface area (Å²) in [4.78, 5) is 23.1. The second-order valence-electron chi connectivity index (χ2n) is 6.44. The van der Waals surface area contributed by atoms with Crippen LogP contribution in [0.15, 0.2) is 0 Å². The number of carbonyl (C=O) groups excluding carboxylic acids is 1. The lowest BCUT2D eigenvalue weighted by molar-refractivity contribution is -0.139. The first-order chi connectivity index (χ1) is 9.36. The Balaban J connectivity index is 2.50. The van der Waals surface area contributed by atoms with Crippen molar-refractivity contribution in [2.45, 2.75) is 77.8 Å². The molecule has 1 aliphatic rings. The monoisotopic (exact) mass is 284 g/mol. The lowest BCUT2D eigenvalue weighted by atomic mass is 9.73. The minimum absolute atomic E-state index is 0.0811. The van der Waals surface area contributed by atoms with Crippen LogP contribution in [0.25, 0.3) is 0 Å². The van der Waals surface area contributed by atoms with Gasteiger partial charge in [-0.25, -0.2) is 9.59 Å². The number of amides is 2. The number of carboxylic acid groups (broad SMARTS) is 1. The average molecular weight is 284 g/mol. The predicted octanol–water partition coefficient (Wildman–Crippen LogP) is 2.90. The zero-order valence-electron chi connectivity index (χ0n) is 12.9. The third kappa shape index (κ3) is 5.02. The first kappa shape index (κ1) is 16.8. The molecule has 5 nitrogen and oxygen atoms in total. The Bertz CT molecular complexity index is 342.